The molecule has 1 saturated heterocycles. The van der Waals surface area contributed by atoms with E-state index in [1.165, 1.54) is 13.2 Å². The number of rotatable bonds is 8. The molecule has 3 aromatic carbocycles. The number of amides is 1. The predicted molar refractivity (Wildman–Crippen MR) is 146 cm³/mol. The maximum atomic E-state index is 12.5. The summed E-state index contributed by atoms with van der Waals surface area (Å²) in [5.41, 5.74) is 3.42. The molecule has 0 bridgehead atoms. The largest absolute Gasteiger partial charge is 0.504 e. The lowest BCUT2D eigenvalue weighted by Crippen LogP contribution is -2.44. The number of carbonyl (C=O) groups is 1. The molecular formula is C28H32ClN3O4. The predicted octanol–water partition coefficient (Wildman–Crippen LogP) is 4.81. The maximum absolute atomic E-state index is 12.5. The first-order valence-electron chi connectivity index (χ1n) is 11.6. The molecule has 2 N–H and O–H groups in total. The van der Waals surface area contributed by atoms with Crippen LogP contribution in [0, 0.1) is 0 Å². The summed E-state index contributed by atoms with van der Waals surface area (Å²) in [5.74, 6) is 0.926. The molecule has 8 heteroatoms. The first-order valence-corrected chi connectivity index (χ1v) is 11.6. The molecule has 190 valence electrons. The van der Waals surface area contributed by atoms with Gasteiger partial charge in [0.05, 0.1) is 7.11 Å². The molecule has 0 aromatic heterocycles. The molecule has 0 atom stereocenters. The first-order chi connectivity index (χ1) is 17.0. The van der Waals surface area contributed by atoms with E-state index >= 15 is 0 Å². The number of piperazine rings is 1. The van der Waals surface area contributed by atoms with Crippen molar-refractivity contribution in [3.63, 3.8) is 0 Å². The number of aromatic hydroxyl groups is 1. The molecule has 1 amide bonds. The molecule has 0 radical (unpaired) electrons. The molecule has 3 aromatic rings. The van der Waals surface area contributed by atoms with Crippen LogP contribution in [0.1, 0.15) is 11.1 Å². The molecule has 0 aliphatic carbocycles. The highest BCUT2D eigenvalue weighted by Gasteiger charge is 2.15. The minimum atomic E-state index is -0.273. The minimum Gasteiger partial charge on any atom is -0.504 e. The number of phenols is 1. The van der Waals surface area contributed by atoms with E-state index in [2.05, 4.69) is 34.3 Å². The van der Waals surface area contributed by atoms with E-state index < -0.39 is 0 Å². The zero-order chi connectivity index (χ0) is 24.6. The summed E-state index contributed by atoms with van der Waals surface area (Å²) < 4.78 is 11.1. The van der Waals surface area contributed by atoms with Crippen LogP contribution in [0.5, 0.6) is 17.2 Å². The van der Waals surface area contributed by atoms with Crippen molar-refractivity contribution >= 4 is 35.8 Å². The van der Waals surface area contributed by atoms with Crippen LogP contribution in [0.2, 0.25) is 0 Å². The van der Waals surface area contributed by atoms with Gasteiger partial charge in [0.1, 0.15) is 12.4 Å². The van der Waals surface area contributed by atoms with Gasteiger partial charge in [-0.1, -0.05) is 30.3 Å². The number of hydrogen-bond acceptors (Lipinski definition) is 6. The van der Waals surface area contributed by atoms with E-state index in [9.17, 15) is 9.90 Å². The summed E-state index contributed by atoms with van der Waals surface area (Å²) in [6.07, 6.45) is 3.07. The Kier molecular flexibility index (Phi) is 9.61. The quantitative estimate of drug-likeness (QED) is 0.425. The van der Waals surface area contributed by atoms with Crippen molar-refractivity contribution in [1.29, 1.82) is 0 Å². The van der Waals surface area contributed by atoms with Crippen molar-refractivity contribution in [2.24, 2.45) is 0 Å². The van der Waals surface area contributed by atoms with E-state index in [4.69, 9.17) is 9.47 Å². The molecule has 0 saturated carbocycles. The zero-order valence-corrected chi connectivity index (χ0v) is 21.3. The number of nitrogens with one attached hydrogen (secondary N) is 1. The van der Waals surface area contributed by atoms with E-state index in [-0.39, 0.29) is 24.1 Å². The monoisotopic (exact) mass is 509 g/mol. The molecule has 0 spiro atoms. The number of para-hydroxylation sites is 1. The van der Waals surface area contributed by atoms with Crippen molar-refractivity contribution < 1.29 is 19.4 Å². The Labute approximate surface area is 218 Å². The van der Waals surface area contributed by atoms with E-state index in [0.717, 1.165) is 43.2 Å². The van der Waals surface area contributed by atoms with E-state index in [1.54, 1.807) is 24.3 Å². The van der Waals surface area contributed by atoms with Crippen LogP contribution in [-0.4, -0.2) is 56.3 Å². The van der Waals surface area contributed by atoms with Crippen LogP contribution in [0.4, 0.5) is 11.4 Å². The van der Waals surface area contributed by atoms with Crippen molar-refractivity contribution in [2.45, 2.75) is 6.61 Å². The zero-order valence-electron chi connectivity index (χ0n) is 20.5. The second-order valence-corrected chi connectivity index (χ2v) is 8.49. The summed E-state index contributed by atoms with van der Waals surface area (Å²) in [4.78, 5) is 17.2. The van der Waals surface area contributed by atoms with Crippen molar-refractivity contribution in [3.8, 4) is 17.2 Å². The lowest BCUT2D eigenvalue weighted by Gasteiger charge is -2.34. The van der Waals surface area contributed by atoms with Gasteiger partial charge in [-0.3, -0.25) is 4.79 Å². The SMILES string of the molecule is COc1ccc(/C=C/C(=O)Nc2ccccc2COc2cccc(N3CCN(C)CC3)c2)cc1O.Cl. The number of carbonyl (C=O) groups excluding carboxylic acids is 1. The van der Waals surface area contributed by atoms with Gasteiger partial charge in [0, 0.05) is 55.3 Å². The average molecular weight is 510 g/mol. The van der Waals surface area contributed by atoms with Gasteiger partial charge in [-0.2, -0.15) is 0 Å². The normalized spacial score (nSPS) is 13.8. The Balaban J connectivity index is 0.00000361. The Bertz CT molecular complexity index is 1190. The summed E-state index contributed by atoms with van der Waals surface area (Å²) in [7, 11) is 3.64. The van der Waals surface area contributed by atoms with Gasteiger partial charge in [-0.25, -0.2) is 0 Å². The number of benzene rings is 3. The van der Waals surface area contributed by atoms with Gasteiger partial charge in [-0.05, 0) is 49.0 Å². The fraction of sp³-hybridized carbons (Fsp3) is 0.250. The smallest absolute Gasteiger partial charge is 0.248 e. The third-order valence-electron chi connectivity index (χ3n) is 5.99. The molecule has 1 aliphatic heterocycles. The topological polar surface area (TPSA) is 74.3 Å². The summed E-state index contributed by atoms with van der Waals surface area (Å²) in [6, 6.07) is 20.7. The van der Waals surface area contributed by atoms with Crippen LogP contribution >= 0.6 is 12.4 Å². The lowest BCUT2D eigenvalue weighted by atomic mass is 10.1. The number of methoxy groups -OCH3 is 1. The molecule has 36 heavy (non-hydrogen) atoms. The van der Waals surface area contributed by atoms with Crippen LogP contribution in [-0.2, 0) is 11.4 Å². The highest BCUT2D eigenvalue weighted by molar-refractivity contribution is 6.02. The fourth-order valence-corrected chi connectivity index (χ4v) is 3.92. The standard InChI is InChI=1S/C28H31N3O4.ClH/c1-30-14-16-31(17-15-30)23-7-5-8-24(19-23)35-20-22-6-3-4-9-25(22)29-28(33)13-11-21-10-12-27(34-2)26(32)18-21;/h3-13,18-19,32H,14-17,20H2,1-2H3,(H,29,33);1H/b13-11+;. The van der Waals surface area contributed by atoms with Crippen molar-refractivity contribution in [3.05, 3.63) is 83.9 Å². The Morgan fingerprint density at radius 1 is 1.03 bits per heavy atom. The third-order valence-corrected chi connectivity index (χ3v) is 5.99. The number of phenolic OH excluding ortho intramolecular Hbond substituents is 1. The van der Waals surface area contributed by atoms with Crippen LogP contribution < -0.4 is 19.7 Å². The fourth-order valence-electron chi connectivity index (χ4n) is 3.92. The molecule has 7 nitrogen and oxygen atoms in total. The van der Waals surface area contributed by atoms with Gasteiger partial charge in [0.2, 0.25) is 5.91 Å². The Hall–Kier alpha value is -3.68. The second kappa shape index (κ2) is 12.9. The van der Waals surface area contributed by atoms with Gasteiger partial charge >= 0.3 is 0 Å². The highest BCUT2D eigenvalue weighted by Crippen LogP contribution is 2.27. The number of hydrogen-bond donors (Lipinski definition) is 2. The number of anilines is 2. The molecule has 1 aliphatic rings. The number of nitrogens with zero attached hydrogens (tertiary/aromatic N) is 2. The molecule has 1 heterocycles. The summed E-state index contributed by atoms with van der Waals surface area (Å²) in [6.45, 7) is 4.42. The lowest BCUT2D eigenvalue weighted by molar-refractivity contribution is -0.111. The van der Waals surface area contributed by atoms with Crippen molar-refractivity contribution in [1.82, 2.24) is 4.90 Å². The maximum Gasteiger partial charge on any atom is 0.248 e. The number of halogens is 1. The van der Waals surface area contributed by atoms with Gasteiger partial charge < -0.3 is 29.7 Å². The van der Waals surface area contributed by atoms with E-state index in [1.807, 2.05) is 36.4 Å². The average Bonchev–Trinajstić information content (AvgIpc) is 2.88. The molecule has 0 unspecified atom stereocenters. The van der Waals surface area contributed by atoms with Crippen LogP contribution in [0.3, 0.4) is 0 Å². The molecular weight excluding hydrogens is 478 g/mol. The van der Waals surface area contributed by atoms with Crippen LogP contribution in [0.25, 0.3) is 6.08 Å². The summed E-state index contributed by atoms with van der Waals surface area (Å²) >= 11 is 0. The van der Waals surface area contributed by atoms with Crippen molar-refractivity contribution in [2.75, 3.05) is 50.6 Å². The van der Waals surface area contributed by atoms with Gasteiger partial charge in [0.25, 0.3) is 0 Å². The first kappa shape index (κ1) is 26.9. The molecule has 1 fully saturated rings. The molecule has 4 rings (SSSR count). The minimum absolute atomic E-state index is 0. The summed E-state index contributed by atoms with van der Waals surface area (Å²) in [5, 5.41) is 12.8. The van der Waals surface area contributed by atoms with Crippen LogP contribution in [0.15, 0.2) is 72.8 Å². The third kappa shape index (κ3) is 7.16. The van der Waals surface area contributed by atoms with Gasteiger partial charge in [0.15, 0.2) is 11.5 Å². The number of likely N-dealkylation sites (N-methyl/N-ethyl adjacent to an activating group) is 1. The Morgan fingerprint density at radius 2 is 1.81 bits per heavy atom. The van der Waals surface area contributed by atoms with E-state index in [0.29, 0.717) is 23.6 Å². The highest BCUT2D eigenvalue weighted by atomic mass is 35.5. The van der Waals surface area contributed by atoms with Gasteiger partial charge in [-0.15, -0.1) is 12.4 Å². The number of ether oxygens (including phenoxy) is 2. The Morgan fingerprint density at radius 3 is 2.56 bits per heavy atom. The second-order valence-electron chi connectivity index (χ2n) is 8.49.